The Morgan fingerprint density at radius 3 is 2.58 bits per heavy atom. The predicted molar refractivity (Wildman–Crippen MR) is 74.6 cm³/mol. The molecule has 0 bridgehead atoms. The van der Waals surface area contributed by atoms with E-state index >= 15 is 0 Å². The number of hydrogen-bond donors (Lipinski definition) is 1. The maximum Gasteiger partial charge on any atom is 0.125 e. The van der Waals surface area contributed by atoms with Crippen molar-refractivity contribution in [2.75, 3.05) is 27.3 Å². The quantitative estimate of drug-likeness (QED) is 0.845. The molecule has 4 nitrogen and oxygen atoms in total. The Morgan fingerprint density at radius 1 is 1.37 bits per heavy atom. The van der Waals surface area contributed by atoms with E-state index in [4.69, 9.17) is 9.47 Å². The van der Waals surface area contributed by atoms with Gasteiger partial charge in [-0.25, -0.2) is 0 Å². The second-order valence-corrected chi connectivity index (χ2v) is 5.00. The van der Waals surface area contributed by atoms with Crippen LogP contribution in [0.4, 0.5) is 0 Å². The molecule has 1 N–H and O–H groups in total. The average molecular weight is 263 g/mol. The van der Waals surface area contributed by atoms with Crippen LogP contribution in [0.15, 0.2) is 24.3 Å². The van der Waals surface area contributed by atoms with E-state index < -0.39 is 6.10 Å². The second-order valence-electron chi connectivity index (χ2n) is 5.00. The number of aliphatic hydroxyl groups is 1. The molecular formula is C15H21NO3. The molecule has 0 unspecified atom stereocenters. The fraction of sp³-hybridized carbons (Fsp3) is 0.467. The summed E-state index contributed by atoms with van der Waals surface area (Å²) in [5.41, 5.74) is 2.93. The molecule has 0 radical (unpaired) electrons. The molecule has 19 heavy (non-hydrogen) atoms. The Balaban J connectivity index is 2.41. The molecule has 1 heterocycles. The van der Waals surface area contributed by atoms with Gasteiger partial charge in [0.15, 0.2) is 0 Å². The van der Waals surface area contributed by atoms with Crippen LogP contribution in [-0.4, -0.2) is 37.3 Å². The minimum absolute atomic E-state index is 0.562. The standard InChI is InChI=1S/C15H21NO3/c1-10(2)7-16-8-11-13(18-3)5-6-14(19-4)15(11)12(17)9-16/h5-6,12,17H,1,7-9H2,2-4H3/t12-/m0/s1. The fourth-order valence-electron chi connectivity index (χ4n) is 2.65. The summed E-state index contributed by atoms with van der Waals surface area (Å²) in [5, 5.41) is 10.4. The van der Waals surface area contributed by atoms with Crippen molar-refractivity contribution in [1.82, 2.24) is 4.90 Å². The lowest BCUT2D eigenvalue weighted by molar-refractivity contribution is 0.0939. The van der Waals surface area contributed by atoms with Crippen molar-refractivity contribution in [3.05, 3.63) is 35.4 Å². The van der Waals surface area contributed by atoms with Gasteiger partial charge in [-0.3, -0.25) is 4.90 Å². The van der Waals surface area contributed by atoms with E-state index in [1.165, 1.54) is 0 Å². The first kappa shape index (κ1) is 13.9. The Hall–Kier alpha value is -1.52. The summed E-state index contributed by atoms with van der Waals surface area (Å²) < 4.78 is 10.7. The molecule has 2 rings (SSSR count). The number of nitrogens with zero attached hydrogens (tertiary/aromatic N) is 1. The molecule has 0 amide bonds. The van der Waals surface area contributed by atoms with Gasteiger partial charge < -0.3 is 14.6 Å². The lowest BCUT2D eigenvalue weighted by atomic mass is 9.95. The van der Waals surface area contributed by atoms with Gasteiger partial charge in [-0.2, -0.15) is 0 Å². The Kier molecular flexibility index (Phi) is 4.12. The molecule has 0 fully saturated rings. The summed E-state index contributed by atoms with van der Waals surface area (Å²) in [6, 6.07) is 3.73. The molecule has 0 aliphatic carbocycles. The van der Waals surface area contributed by atoms with Crippen molar-refractivity contribution in [2.24, 2.45) is 0 Å². The van der Waals surface area contributed by atoms with Gasteiger partial charge in [0.1, 0.15) is 11.5 Å². The van der Waals surface area contributed by atoms with E-state index in [1.807, 2.05) is 19.1 Å². The van der Waals surface area contributed by atoms with Gasteiger partial charge in [-0.05, 0) is 19.1 Å². The number of benzene rings is 1. The summed E-state index contributed by atoms with van der Waals surface area (Å²) >= 11 is 0. The highest BCUT2D eigenvalue weighted by molar-refractivity contribution is 5.51. The zero-order valence-electron chi connectivity index (χ0n) is 11.8. The van der Waals surface area contributed by atoms with Crippen LogP contribution in [0.1, 0.15) is 24.2 Å². The first-order valence-electron chi connectivity index (χ1n) is 6.35. The highest BCUT2D eigenvalue weighted by Crippen LogP contribution is 2.39. The van der Waals surface area contributed by atoms with E-state index in [-0.39, 0.29) is 0 Å². The molecule has 1 aromatic carbocycles. The predicted octanol–water partition coefficient (Wildman–Crippen LogP) is 2.13. The van der Waals surface area contributed by atoms with Gasteiger partial charge in [0.25, 0.3) is 0 Å². The minimum Gasteiger partial charge on any atom is -0.496 e. The molecule has 1 atom stereocenters. The van der Waals surface area contributed by atoms with Crippen molar-refractivity contribution in [3.63, 3.8) is 0 Å². The lowest BCUT2D eigenvalue weighted by Crippen LogP contribution is -2.35. The lowest BCUT2D eigenvalue weighted by Gasteiger charge is -2.34. The van der Waals surface area contributed by atoms with Crippen molar-refractivity contribution in [3.8, 4) is 11.5 Å². The number of aliphatic hydroxyl groups excluding tert-OH is 1. The monoisotopic (exact) mass is 263 g/mol. The third-order valence-corrected chi connectivity index (χ3v) is 3.35. The molecule has 4 heteroatoms. The molecule has 1 aliphatic heterocycles. The largest absolute Gasteiger partial charge is 0.496 e. The maximum atomic E-state index is 10.4. The van der Waals surface area contributed by atoms with E-state index in [0.29, 0.717) is 6.54 Å². The van der Waals surface area contributed by atoms with Gasteiger partial charge in [0, 0.05) is 30.8 Å². The van der Waals surface area contributed by atoms with Crippen molar-refractivity contribution in [2.45, 2.75) is 19.6 Å². The number of fused-ring (bicyclic) bond motifs is 1. The molecule has 0 saturated carbocycles. The summed E-state index contributed by atoms with van der Waals surface area (Å²) in [4.78, 5) is 2.16. The van der Waals surface area contributed by atoms with Crippen LogP contribution < -0.4 is 9.47 Å². The van der Waals surface area contributed by atoms with E-state index in [1.54, 1.807) is 14.2 Å². The zero-order chi connectivity index (χ0) is 14.0. The van der Waals surface area contributed by atoms with Crippen LogP contribution in [0.2, 0.25) is 0 Å². The van der Waals surface area contributed by atoms with Crippen molar-refractivity contribution < 1.29 is 14.6 Å². The van der Waals surface area contributed by atoms with Crippen molar-refractivity contribution in [1.29, 1.82) is 0 Å². The van der Waals surface area contributed by atoms with Crippen LogP contribution >= 0.6 is 0 Å². The molecule has 0 saturated heterocycles. The van der Waals surface area contributed by atoms with E-state index in [2.05, 4.69) is 11.5 Å². The number of rotatable bonds is 4. The van der Waals surface area contributed by atoms with Crippen LogP contribution in [0, 0.1) is 0 Å². The Bertz CT molecular complexity index is 485. The highest BCUT2D eigenvalue weighted by Gasteiger charge is 2.29. The van der Waals surface area contributed by atoms with Crippen LogP contribution in [0.5, 0.6) is 11.5 Å². The molecule has 0 aromatic heterocycles. The van der Waals surface area contributed by atoms with E-state index in [0.717, 1.165) is 41.3 Å². The summed E-state index contributed by atoms with van der Waals surface area (Å²) in [5.74, 6) is 1.51. The second kappa shape index (κ2) is 5.63. The Morgan fingerprint density at radius 2 is 2.00 bits per heavy atom. The number of β-amino-alcohol motifs (C(OH)–C–C–N with tert-alkyl or cyclic N) is 1. The Labute approximate surface area is 114 Å². The summed E-state index contributed by atoms with van der Waals surface area (Å²) in [6.45, 7) is 8.02. The summed E-state index contributed by atoms with van der Waals surface area (Å²) in [6.07, 6.45) is -0.562. The number of hydrogen-bond acceptors (Lipinski definition) is 4. The number of methoxy groups -OCH3 is 2. The normalized spacial score (nSPS) is 18.8. The third kappa shape index (κ3) is 2.74. The topological polar surface area (TPSA) is 41.9 Å². The van der Waals surface area contributed by atoms with Gasteiger partial charge in [0.05, 0.1) is 20.3 Å². The van der Waals surface area contributed by atoms with Gasteiger partial charge in [-0.15, -0.1) is 0 Å². The van der Waals surface area contributed by atoms with Crippen molar-refractivity contribution >= 4 is 0 Å². The summed E-state index contributed by atoms with van der Waals surface area (Å²) in [7, 11) is 3.27. The van der Waals surface area contributed by atoms with Crippen LogP contribution in [-0.2, 0) is 6.54 Å². The third-order valence-electron chi connectivity index (χ3n) is 3.35. The number of ether oxygens (including phenoxy) is 2. The van der Waals surface area contributed by atoms with Crippen LogP contribution in [0.3, 0.4) is 0 Å². The van der Waals surface area contributed by atoms with Gasteiger partial charge >= 0.3 is 0 Å². The van der Waals surface area contributed by atoms with Gasteiger partial charge in [0.2, 0.25) is 0 Å². The fourth-order valence-corrected chi connectivity index (χ4v) is 2.65. The minimum atomic E-state index is -0.562. The molecule has 1 aliphatic rings. The molecular weight excluding hydrogens is 242 g/mol. The first-order chi connectivity index (χ1) is 9.06. The average Bonchev–Trinajstić information content (AvgIpc) is 2.36. The molecule has 1 aromatic rings. The SMILES string of the molecule is C=C(C)CN1Cc2c(OC)ccc(OC)c2[C@@H](O)C1. The molecule has 0 spiro atoms. The van der Waals surface area contributed by atoms with E-state index in [9.17, 15) is 5.11 Å². The zero-order valence-corrected chi connectivity index (χ0v) is 11.8. The molecule has 104 valence electrons. The first-order valence-corrected chi connectivity index (χ1v) is 6.35. The maximum absolute atomic E-state index is 10.4. The van der Waals surface area contributed by atoms with Gasteiger partial charge in [-0.1, -0.05) is 12.2 Å². The highest BCUT2D eigenvalue weighted by atomic mass is 16.5. The van der Waals surface area contributed by atoms with Crippen LogP contribution in [0.25, 0.3) is 0 Å². The smallest absolute Gasteiger partial charge is 0.125 e.